The number of aromatic nitrogens is 3. The lowest BCUT2D eigenvalue weighted by atomic mass is 10.1. The Morgan fingerprint density at radius 1 is 1.15 bits per heavy atom. The van der Waals surface area contributed by atoms with E-state index in [0.717, 1.165) is 90.3 Å². The summed E-state index contributed by atoms with van der Waals surface area (Å²) < 4.78 is 15.1. The van der Waals surface area contributed by atoms with Gasteiger partial charge in [0, 0.05) is 35.0 Å². The summed E-state index contributed by atoms with van der Waals surface area (Å²) in [6.07, 6.45) is 7.70. The van der Waals surface area contributed by atoms with Gasteiger partial charge in [-0.25, -0.2) is 4.98 Å². The summed E-state index contributed by atoms with van der Waals surface area (Å²) >= 11 is 2.98. The number of Topliss-reactive ketones (excluding diaryl/α,β-unsaturated/α-hetero) is 1. The number of carbonyl (C=O) groups is 1. The molecule has 0 amide bonds. The van der Waals surface area contributed by atoms with Crippen LogP contribution in [0.1, 0.15) is 64.3 Å². The van der Waals surface area contributed by atoms with E-state index in [1.165, 1.54) is 28.6 Å². The van der Waals surface area contributed by atoms with Crippen molar-refractivity contribution in [1.82, 2.24) is 14.1 Å². The maximum absolute atomic E-state index is 14.1. The first-order valence-electron chi connectivity index (χ1n) is 14.1. The van der Waals surface area contributed by atoms with Gasteiger partial charge in [-0.2, -0.15) is 0 Å². The van der Waals surface area contributed by atoms with E-state index >= 15 is 0 Å². The zero-order chi connectivity index (χ0) is 27.8. The standard InChI is InChI=1S/C31H35N3O4S2/c1-19-16-25(20(2)33(19)17-23-8-7-15-38-23)26(35)18-39-31-32-29-28(24-9-5-4-6-10-27(24)40-29)30(36)34(31)21-11-13-22(37-3)14-12-21/h11-14,16,23H,4-10,15,17-18H2,1-3H3. The van der Waals surface area contributed by atoms with Gasteiger partial charge in [-0.3, -0.25) is 14.2 Å². The largest absolute Gasteiger partial charge is 0.497 e. The first-order valence-corrected chi connectivity index (χ1v) is 15.9. The number of rotatable bonds is 8. The number of hydrogen-bond donors (Lipinski definition) is 0. The highest BCUT2D eigenvalue weighted by Gasteiger charge is 2.24. The highest BCUT2D eigenvalue weighted by Crippen LogP contribution is 2.35. The normalized spacial score (nSPS) is 17.2. The molecule has 1 aromatic carbocycles. The van der Waals surface area contributed by atoms with Crippen LogP contribution in [0, 0.1) is 13.8 Å². The lowest BCUT2D eigenvalue weighted by Gasteiger charge is -2.15. The van der Waals surface area contributed by atoms with Crippen molar-refractivity contribution in [2.75, 3.05) is 19.5 Å². The van der Waals surface area contributed by atoms with Crippen LogP contribution >= 0.6 is 23.1 Å². The molecule has 1 aliphatic heterocycles. The average molecular weight is 578 g/mol. The van der Waals surface area contributed by atoms with E-state index < -0.39 is 0 Å². The molecule has 4 aromatic rings. The van der Waals surface area contributed by atoms with E-state index in [0.29, 0.717) is 5.16 Å². The highest BCUT2D eigenvalue weighted by atomic mass is 32.2. The van der Waals surface area contributed by atoms with Crippen molar-refractivity contribution in [3.8, 4) is 11.4 Å². The second-order valence-corrected chi connectivity index (χ2v) is 12.7. The van der Waals surface area contributed by atoms with Crippen molar-refractivity contribution in [1.29, 1.82) is 0 Å². The van der Waals surface area contributed by atoms with Crippen LogP contribution in [-0.2, 0) is 24.1 Å². The molecule has 0 N–H and O–H groups in total. The van der Waals surface area contributed by atoms with Crippen LogP contribution in [0.5, 0.6) is 5.75 Å². The van der Waals surface area contributed by atoms with Crippen LogP contribution in [0.4, 0.5) is 0 Å². The Kier molecular flexibility index (Phi) is 7.88. The van der Waals surface area contributed by atoms with Gasteiger partial charge in [-0.15, -0.1) is 11.3 Å². The maximum Gasteiger partial charge on any atom is 0.267 e. The van der Waals surface area contributed by atoms with Gasteiger partial charge < -0.3 is 14.0 Å². The summed E-state index contributed by atoms with van der Waals surface area (Å²) in [5.41, 5.74) is 4.60. The molecule has 1 aliphatic carbocycles. The number of methoxy groups -OCH3 is 1. The number of thiophene rings is 1. The molecular weight excluding hydrogens is 542 g/mol. The number of ether oxygens (including phenoxy) is 2. The smallest absolute Gasteiger partial charge is 0.267 e. The van der Waals surface area contributed by atoms with E-state index in [2.05, 4.69) is 4.57 Å². The molecule has 1 unspecified atom stereocenters. The van der Waals surface area contributed by atoms with E-state index in [-0.39, 0.29) is 23.2 Å². The molecule has 2 aliphatic rings. The number of ketones is 1. The number of nitrogens with zero attached hydrogens (tertiary/aromatic N) is 3. The quantitative estimate of drug-likeness (QED) is 0.106. The Balaban J connectivity index is 1.35. The fraction of sp³-hybridized carbons (Fsp3) is 0.452. The summed E-state index contributed by atoms with van der Waals surface area (Å²) in [5, 5.41) is 1.28. The minimum atomic E-state index is -0.0562. The van der Waals surface area contributed by atoms with Crippen molar-refractivity contribution < 1.29 is 14.3 Å². The topological polar surface area (TPSA) is 75.3 Å². The van der Waals surface area contributed by atoms with Gasteiger partial charge in [0.15, 0.2) is 10.9 Å². The lowest BCUT2D eigenvalue weighted by Crippen LogP contribution is -2.22. The van der Waals surface area contributed by atoms with Gasteiger partial charge in [-0.1, -0.05) is 18.2 Å². The molecule has 1 atom stereocenters. The first-order chi connectivity index (χ1) is 19.4. The number of fused-ring (bicyclic) bond motifs is 3. The van der Waals surface area contributed by atoms with Crippen molar-refractivity contribution in [3.63, 3.8) is 0 Å². The first kappa shape index (κ1) is 27.3. The van der Waals surface area contributed by atoms with Gasteiger partial charge >= 0.3 is 0 Å². The van der Waals surface area contributed by atoms with Crippen molar-refractivity contribution in [3.05, 3.63) is 68.1 Å². The number of benzene rings is 1. The van der Waals surface area contributed by atoms with Crippen LogP contribution in [0.25, 0.3) is 15.9 Å². The number of carbonyl (C=O) groups excluding carboxylic acids is 1. The third-order valence-electron chi connectivity index (χ3n) is 8.16. The fourth-order valence-electron chi connectivity index (χ4n) is 5.98. The minimum absolute atomic E-state index is 0.0364. The maximum atomic E-state index is 14.1. The molecule has 7 nitrogen and oxygen atoms in total. The van der Waals surface area contributed by atoms with Gasteiger partial charge in [0.2, 0.25) is 0 Å². The van der Waals surface area contributed by atoms with Crippen LogP contribution in [0.15, 0.2) is 40.3 Å². The van der Waals surface area contributed by atoms with Crippen LogP contribution in [-0.4, -0.2) is 45.5 Å². The Morgan fingerprint density at radius 2 is 1.95 bits per heavy atom. The molecule has 0 bridgehead atoms. The van der Waals surface area contributed by atoms with Gasteiger partial charge in [0.1, 0.15) is 10.6 Å². The van der Waals surface area contributed by atoms with Crippen LogP contribution in [0.3, 0.4) is 0 Å². The molecule has 210 valence electrons. The van der Waals surface area contributed by atoms with Crippen LogP contribution < -0.4 is 10.3 Å². The third kappa shape index (κ3) is 5.15. The predicted molar refractivity (Wildman–Crippen MR) is 161 cm³/mol. The fourth-order valence-corrected chi connectivity index (χ4v) is 8.18. The molecule has 1 saturated heterocycles. The van der Waals surface area contributed by atoms with E-state index in [1.54, 1.807) is 23.0 Å². The zero-order valence-corrected chi connectivity index (χ0v) is 25.0. The summed E-state index contributed by atoms with van der Waals surface area (Å²) in [7, 11) is 1.63. The van der Waals surface area contributed by atoms with Crippen molar-refractivity contribution in [2.24, 2.45) is 0 Å². The zero-order valence-electron chi connectivity index (χ0n) is 23.3. The molecule has 6 rings (SSSR count). The van der Waals surface area contributed by atoms with E-state index in [1.807, 2.05) is 44.2 Å². The summed E-state index contributed by atoms with van der Waals surface area (Å²) in [6, 6.07) is 9.44. The van der Waals surface area contributed by atoms with Crippen LogP contribution in [0.2, 0.25) is 0 Å². The van der Waals surface area contributed by atoms with Gasteiger partial charge in [0.25, 0.3) is 5.56 Å². The second kappa shape index (κ2) is 11.5. The van der Waals surface area contributed by atoms with Crippen molar-refractivity contribution in [2.45, 2.75) is 76.6 Å². The summed E-state index contributed by atoms with van der Waals surface area (Å²) in [6.45, 7) is 5.64. The van der Waals surface area contributed by atoms with E-state index in [9.17, 15) is 9.59 Å². The van der Waals surface area contributed by atoms with Crippen molar-refractivity contribution >= 4 is 39.1 Å². The molecule has 0 saturated carbocycles. The molecule has 3 aromatic heterocycles. The SMILES string of the molecule is COc1ccc(-n2c(SCC(=O)c3cc(C)n(CC4CCCO4)c3C)nc3sc4c(c3c2=O)CCCCC4)cc1. The molecule has 1 fully saturated rings. The Morgan fingerprint density at radius 3 is 2.70 bits per heavy atom. The van der Waals surface area contributed by atoms with Gasteiger partial charge in [-0.05, 0) is 88.3 Å². The Labute approximate surface area is 242 Å². The third-order valence-corrected chi connectivity index (χ3v) is 10.3. The lowest BCUT2D eigenvalue weighted by molar-refractivity contribution is 0.0957. The molecular formula is C31H35N3O4S2. The van der Waals surface area contributed by atoms with E-state index in [4.69, 9.17) is 14.5 Å². The molecule has 9 heteroatoms. The molecule has 40 heavy (non-hydrogen) atoms. The average Bonchev–Trinajstić information content (AvgIpc) is 3.62. The molecule has 4 heterocycles. The highest BCUT2D eigenvalue weighted by molar-refractivity contribution is 7.99. The second-order valence-electron chi connectivity index (χ2n) is 10.7. The number of aryl methyl sites for hydroxylation is 3. The number of hydrogen-bond acceptors (Lipinski definition) is 7. The monoisotopic (exact) mass is 577 g/mol. The Hall–Kier alpha value is -2.88. The molecule has 0 radical (unpaired) electrons. The summed E-state index contributed by atoms with van der Waals surface area (Å²) in [4.78, 5) is 34.7. The van der Waals surface area contributed by atoms with Gasteiger partial charge in [0.05, 0.1) is 30.0 Å². The minimum Gasteiger partial charge on any atom is -0.497 e. The predicted octanol–water partition coefficient (Wildman–Crippen LogP) is 6.30. The summed E-state index contributed by atoms with van der Waals surface area (Å²) in [5.74, 6) is 0.955. The number of thioether (sulfide) groups is 1. The Bertz CT molecular complexity index is 1610. The molecule has 0 spiro atoms.